The van der Waals surface area contributed by atoms with Crippen LogP contribution in [0.25, 0.3) is 6.08 Å². The van der Waals surface area contributed by atoms with Crippen molar-refractivity contribution in [3.63, 3.8) is 0 Å². The zero-order chi connectivity index (χ0) is 19.7. The van der Waals surface area contributed by atoms with Crippen LogP contribution in [0.3, 0.4) is 0 Å². The molecule has 140 valence electrons. The number of nitrogens with one attached hydrogen (secondary N) is 1. The van der Waals surface area contributed by atoms with Gasteiger partial charge in [-0.2, -0.15) is 5.26 Å². The first-order valence-electron chi connectivity index (χ1n) is 8.81. The van der Waals surface area contributed by atoms with Crippen molar-refractivity contribution in [3.8, 4) is 6.07 Å². The Morgan fingerprint density at radius 2 is 1.79 bits per heavy atom. The van der Waals surface area contributed by atoms with Gasteiger partial charge in [0.2, 0.25) is 5.88 Å². The van der Waals surface area contributed by atoms with Gasteiger partial charge in [-0.3, -0.25) is 0 Å². The van der Waals surface area contributed by atoms with E-state index in [0.717, 1.165) is 22.3 Å². The number of nitrogens with two attached hydrogens (primary N) is 1. The Labute approximate surface area is 173 Å². The molecule has 0 fully saturated rings. The van der Waals surface area contributed by atoms with Gasteiger partial charge >= 0.3 is 0 Å². The van der Waals surface area contributed by atoms with E-state index in [9.17, 15) is 5.26 Å². The van der Waals surface area contributed by atoms with E-state index in [-0.39, 0.29) is 11.8 Å². The van der Waals surface area contributed by atoms with Gasteiger partial charge < -0.3 is 15.8 Å². The Balaban J connectivity index is 1.88. The Morgan fingerprint density at radius 3 is 2.50 bits per heavy atom. The van der Waals surface area contributed by atoms with Gasteiger partial charge in [0.25, 0.3) is 0 Å². The molecule has 1 unspecified atom stereocenters. The molecule has 0 bridgehead atoms. The molecule has 3 N–H and O–H groups in total. The maximum Gasteiger partial charge on any atom is 0.205 e. The summed E-state index contributed by atoms with van der Waals surface area (Å²) < 4.78 is 5.93. The van der Waals surface area contributed by atoms with Gasteiger partial charge in [-0.05, 0) is 34.9 Å². The van der Waals surface area contributed by atoms with Crippen LogP contribution in [0.5, 0.6) is 0 Å². The number of nitriles is 1. The van der Waals surface area contributed by atoms with Gasteiger partial charge in [0.15, 0.2) is 0 Å². The summed E-state index contributed by atoms with van der Waals surface area (Å²) in [4.78, 5) is 0. The molecule has 2 heterocycles. The summed E-state index contributed by atoms with van der Waals surface area (Å²) in [5.41, 5.74) is 10.1. The number of ether oxygens (including phenoxy) is 1. The van der Waals surface area contributed by atoms with Gasteiger partial charge in [-0.15, -0.1) is 0 Å². The van der Waals surface area contributed by atoms with Crippen molar-refractivity contribution >= 4 is 29.3 Å². The van der Waals surface area contributed by atoms with E-state index in [2.05, 4.69) is 11.4 Å². The highest BCUT2D eigenvalue weighted by Gasteiger charge is 2.36. The van der Waals surface area contributed by atoms with Crippen LogP contribution in [0.1, 0.15) is 17.0 Å². The standard InChI is InChI=1S/C22H17Cl2N3O/c23-18-7-3-1-5-13(18)9-14-11-27-12-17-20(15-6-2-4-8-19(15)24)16(10-25)22(26)28-21(14)17/h1-9,20,27H,11-12,26H2/b14-9+. The van der Waals surface area contributed by atoms with Crippen molar-refractivity contribution in [1.82, 2.24) is 5.32 Å². The number of benzene rings is 2. The van der Waals surface area contributed by atoms with Crippen molar-refractivity contribution in [2.45, 2.75) is 5.92 Å². The first kappa shape index (κ1) is 18.6. The number of halogens is 2. The average molecular weight is 410 g/mol. The Bertz CT molecular complexity index is 1080. The maximum atomic E-state index is 9.73. The molecule has 28 heavy (non-hydrogen) atoms. The van der Waals surface area contributed by atoms with E-state index in [1.54, 1.807) is 0 Å². The molecule has 6 heteroatoms. The average Bonchev–Trinajstić information content (AvgIpc) is 2.70. The van der Waals surface area contributed by atoms with E-state index in [1.165, 1.54) is 0 Å². The normalized spacial score (nSPS) is 20.6. The van der Waals surface area contributed by atoms with Crippen molar-refractivity contribution in [1.29, 1.82) is 5.26 Å². The van der Waals surface area contributed by atoms with Crippen molar-refractivity contribution in [2.75, 3.05) is 13.1 Å². The molecule has 1 atom stereocenters. The van der Waals surface area contributed by atoms with E-state index in [1.807, 2.05) is 54.6 Å². The topological polar surface area (TPSA) is 71.1 Å². The van der Waals surface area contributed by atoms with Crippen molar-refractivity contribution < 1.29 is 4.74 Å². The van der Waals surface area contributed by atoms with Crippen molar-refractivity contribution in [3.05, 3.63) is 98.1 Å². The molecule has 0 amide bonds. The molecule has 0 spiro atoms. The van der Waals surface area contributed by atoms with Crippen LogP contribution < -0.4 is 11.1 Å². The largest absolute Gasteiger partial charge is 0.440 e. The van der Waals surface area contributed by atoms with Crippen LogP contribution in [-0.2, 0) is 4.74 Å². The minimum Gasteiger partial charge on any atom is -0.440 e. The van der Waals surface area contributed by atoms with E-state index in [0.29, 0.717) is 34.5 Å². The second kappa shape index (κ2) is 7.73. The fraction of sp³-hybridized carbons (Fsp3) is 0.136. The van der Waals surface area contributed by atoms with Gasteiger partial charge in [0.05, 0.1) is 5.92 Å². The predicted molar refractivity (Wildman–Crippen MR) is 111 cm³/mol. The SMILES string of the molecule is N#CC1=C(N)OC2=C(CNC/C2=C\c2ccccc2Cl)C1c1ccccc1Cl. The maximum absolute atomic E-state index is 9.73. The minimum atomic E-state index is -0.357. The Hall–Kier alpha value is -2.71. The zero-order valence-corrected chi connectivity index (χ0v) is 16.4. The third kappa shape index (κ3) is 3.29. The van der Waals surface area contributed by atoms with Crippen molar-refractivity contribution in [2.24, 2.45) is 5.73 Å². The molecule has 4 nitrogen and oxygen atoms in total. The fourth-order valence-electron chi connectivity index (χ4n) is 3.61. The Kier molecular flexibility index (Phi) is 5.15. The quantitative estimate of drug-likeness (QED) is 0.750. The summed E-state index contributed by atoms with van der Waals surface area (Å²) in [5, 5.41) is 14.4. The second-order valence-corrected chi connectivity index (χ2v) is 7.41. The molecule has 0 saturated carbocycles. The minimum absolute atomic E-state index is 0.109. The highest BCUT2D eigenvalue weighted by atomic mass is 35.5. The van der Waals surface area contributed by atoms with Crippen LogP contribution in [0.15, 0.2) is 76.9 Å². The smallest absolute Gasteiger partial charge is 0.205 e. The molecule has 4 rings (SSSR count). The molecule has 0 radical (unpaired) electrons. The van der Waals surface area contributed by atoms with Crippen LogP contribution in [0.2, 0.25) is 10.0 Å². The predicted octanol–water partition coefficient (Wildman–Crippen LogP) is 4.74. The summed E-state index contributed by atoms with van der Waals surface area (Å²) in [6, 6.07) is 17.3. The summed E-state index contributed by atoms with van der Waals surface area (Å²) in [7, 11) is 0. The highest BCUT2D eigenvalue weighted by molar-refractivity contribution is 6.32. The summed E-state index contributed by atoms with van der Waals surface area (Å²) in [6.45, 7) is 1.18. The fourth-order valence-corrected chi connectivity index (χ4v) is 4.05. The molecular weight excluding hydrogens is 393 g/mol. The summed E-state index contributed by atoms with van der Waals surface area (Å²) in [6.07, 6.45) is 1.98. The number of hydrogen-bond donors (Lipinski definition) is 2. The molecule has 2 aromatic rings. The third-order valence-electron chi connectivity index (χ3n) is 4.90. The number of allylic oxidation sites excluding steroid dienone is 1. The number of rotatable bonds is 2. The van der Waals surface area contributed by atoms with Crippen LogP contribution in [0, 0.1) is 11.3 Å². The number of hydrogen-bond acceptors (Lipinski definition) is 4. The van der Waals surface area contributed by atoms with Gasteiger partial charge in [-0.25, -0.2) is 0 Å². The highest BCUT2D eigenvalue weighted by Crippen LogP contribution is 2.44. The lowest BCUT2D eigenvalue weighted by Gasteiger charge is -2.34. The van der Waals surface area contributed by atoms with E-state index < -0.39 is 0 Å². The van der Waals surface area contributed by atoms with E-state index >= 15 is 0 Å². The van der Waals surface area contributed by atoms with E-state index in [4.69, 9.17) is 33.7 Å². The lowest BCUT2D eigenvalue weighted by molar-refractivity contribution is 0.279. The second-order valence-electron chi connectivity index (χ2n) is 6.60. The first-order chi connectivity index (χ1) is 13.6. The third-order valence-corrected chi connectivity index (χ3v) is 5.59. The lowest BCUT2D eigenvalue weighted by Crippen LogP contribution is -2.34. The molecule has 2 aromatic carbocycles. The summed E-state index contributed by atoms with van der Waals surface area (Å²) in [5.74, 6) is 0.433. The van der Waals surface area contributed by atoms with Crippen LogP contribution in [0.4, 0.5) is 0 Å². The number of nitrogens with zero attached hydrogens (tertiary/aromatic N) is 1. The first-order valence-corrected chi connectivity index (χ1v) is 9.57. The molecule has 2 aliphatic rings. The van der Waals surface area contributed by atoms with Crippen LogP contribution >= 0.6 is 23.2 Å². The molecular formula is C22H17Cl2N3O. The zero-order valence-electron chi connectivity index (χ0n) is 14.9. The monoisotopic (exact) mass is 409 g/mol. The van der Waals surface area contributed by atoms with Crippen LogP contribution in [-0.4, -0.2) is 13.1 Å². The molecule has 0 saturated heterocycles. The summed E-state index contributed by atoms with van der Waals surface area (Å²) >= 11 is 12.8. The molecule has 0 aliphatic carbocycles. The van der Waals surface area contributed by atoms with Gasteiger partial charge in [-0.1, -0.05) is 59.6 Å². The van der Waals surface area contributed by atoms with Gasteiger partial charge in [0, 0.05) is 28.7 Å². The van der Waals surface area contributed by atoms with Gasteiger partial charge in [0.1, 0.15) is 17.4 Å². The molecule has 0 aromatic heterocycles. The lowest BCUT2D eigenvalue weighted by atomic mass is 9.80. The molecule has 2 aliphatic heterocycles. The Morgan fingerprint density at radius 1 is 1.07 bits per heavy atom.